The highest BCUT2D eigenvalue weighted by atomic mass is 13.9. The van der Waals surface area contributed by atoms with Crippen LogP contribution in [0, 0.1) is 6.92 Å². The highest BCUT2D eigenvalue weighted by molar-refractivity contribution is 4.92. The lowest BCUT2D eigenvalue weighted by atomic mass is 10.1. The minimum atomic E-state index is 1.09. The van der Waals surface area contributed by atoms with Crippen LogP contribution in [0.2, 0.25) is 0 Å². The van der Waals surface area contributed by atoms with Crippen molar-refractivity contribution >= 4 is 0 Å². The maximum atomic E-state index is 3.84. The molecule has 0 aromatic carbocycles. The zero-order chi connectivity index (χ0) is 10.5. The normalized spacial score (nSPS) is 11.9. The first kappa shape index (κ1) is 13.5. The van der Waals surface area contributed by atoms with Crippen molar-refractivity contribution in [2.75, 3.05) is 0 Å². The van der Waals surface area contributed by atoms with Crippen LogP contribution in [0.4, 0.5) is 0 Å². The molecule has 1 radical (unpaired) electrons. The van der Waals surface area contributed by atoms with Gasteiger partial charge in [0.15, 0.2) is 0 Å². The number of hydrogen-bond donors (Lipinski definition) is 0. The molecule has 0 nitrogen and oxygen atoms in total. The Hall–Kier alpha value is -0.520. The van der Waals surface area contributed by atoms with Gasteiger partial charge in [-0.3, -0.25) is 0 Å². The topological polar surface area (TPSA) is 0 Å². The highest BCUT2D eigenvalue weighted by Crippen LogP contribution is 2.05. The van der Waals surface area contributed by atoms with Crippen molar-refractivity contribution in [1.82, 2.24) is 0 Å². The summed E-state index contributed by atoms with van der Waals surface area (Å²) in [5, 5.41) is 0. The molecule has 0 heterocycles. The smallest absolute Gasteiger partial charge is 0.0169 e. The fourth-order valence-electron chi connectivity index (χ4n) is 1.35. The molecule has 0 amide bonds. The summed E-state index contributed by atoms with van der Waals surface area (Å²) in [7, 11) is 0. The Bertz CT molecular complexity index is 142. The molecule has 14 heavy (non-hydrogen) atoms. The van der Waals surface area contributed by atoms with E-state index >= 15 is 0 Å². The van der Waals surface area contributed by atoms with Crippen molar-refractivity contribution in [2.24, 2.45) is 0 Å². The molecule has 0 spiro atoms. The highest BCUT2D eigenvalue weighted by Gasteiger charge is 1.85. The third kappa shape index (κ3) is 11.5. The van der Waals surface area contributed by atoms with Gasteiger partial charge in [-0.25, -0.2) is 0 Å². The monoisotopic (exact) mass is 193 g/mol. The van der Waals surface area contributed by atoms with Crippen molar-refractivity contribution in [3.8, 4) is 0 Å². The molecule has 0 aliphatic carbocycles. The molecule has 0 heteroatoms. The Morgan fingerprint density at radius 3 is 2.29 bits per heavy atom. The van der Waals surface area contributed by atoms with Gasteiger partial charge in [0.1, 0.15) is 0 Å². The Morgan fingerprint density at radius 1 is 0.857 bits per heavy atom. The molecule has 0 aromatic heterocycles. The second-order valence-electron chi connectivity index (χ2n) is 3.64. The number of unbranched alkanes of at least 4 members (excludes halogenated alkanes) is 5. The lowest BCUT2D eigenvalue weighted by Crippen LogP contribution is -1.75. The maximum Gasteiger partial charge on any atom is -0.0169 e. The Kier molecular flexibility index (Phi) is 12.0. The van der Waals surface area contributed by atoms with Gasteiger partial charge in [0.25, 0.3) is 0 Å². The molecule has 0 bridgehead atoms. The van der Waals surface area contributed by atoms with E-state index in [0.29, 0.717) is 0 Å². The molecule has 0 aliphatic rings. The number of rotatable bonds is 9. The van der Waals surface area contributed by atoms with Crippen LogP contribution in [-0.2, 0) is 0 Å². The molecule has 0 aromatic rings. The van der Waals surface area contributed by atoms with Crippen LogP contribution in [0.1, 0.15) is 58.3 Å². The summed E-state index contributed by atoms with van der Waals surface area (Å²) in [6.45, 7) is 6.01. The van der Waals surface area contributed by atoms with E-state index in [9.17, 15) is 0 Å². The molecule has 0 N–H and O–H groups in total. The molecule has 0 fully saturated rings. The van der Waals surface area contributed by atoms with Crippen LogP contribution < -0.4 is 0 Å². The molecular formula is C14H25. The van der Waals surface area contributed by atoms with Gasteiger partial charge in [0.05, 0.1) is 0 Å². The predicted octanol–water partition coefficient (Wildman–Crippen LogP) is 5.07. The third-order valence-corrected chi connectivity index (χ3v) is 2.21. The number of hydrogen-bond acceptors (Lipinski definition) is 0. The molecular weight excluding hydrogens is 168 g/mol. The lowest BCUT2D eigenvalue weighted by Gasteiger charge is -1.95. The van der Waals surface area contributed by atoms with Gasteiger partial charge in [-0.15, -0.1) is 0 Å². The first-order valence-electron chi connectivity index (χ1n) is 6.01. The largest absolute Gasteiger partial charge is 0.0885 e. The molecule has 0 aliphatic heterocycles. The van der Waals surface area contributed by atoms with Gasteiger partial charge in [-0.2, -0.15) is 0 Å². The Morgan fingerprint density at radius 2 is 1.57 bits per heavy atom. The van der Waals surface area contributed by atoms with Crippen LogP contribution in [0.15, 0.2) is 24.3 Å². The molecule has 0 unspecified atom stereocenters. The first-order chi connectivity index (χ1) is 6.91. The minimum absolute atomic E-state index is 1.09. The van der Waals surface area contributed by atoms with E-state index < -0.39 is 0 Å². The van der Waals surface area contributed by atoms with Crippen LogP contribution in [0.3, 0.4) is 0 Å². The fraction of sp³-hybridized carbons (Fsp3) is 0.643. The van der Waals surface area contributed by atoms with E-state index in [4.69, 9.17) is 0 Å². The van der Waals surface area contributed by atoms with Gasteiger partial charge in [-0.1, -0.05) is 63.8 Å². The van der Waals surface area contributed by atoms with E-state index in [0.717, 1.165) is 19.3 Å². The Balaban J connectivity index is 3.07. The summed E-state index contributed by atoms with van der Waals surface area (Å²) < 4.78 is 0. The van der Waals surface area contributed by atoms with Crippen LogP contribution in [-0.4, -0.2) is 0 Å². The fourth-order valence-corrected chi connectivity index (χ4v) is 1.35. The second kappa shape index (κ2) is 12.5. The van der Waals surface area contributed by atoms with E-state index in [1.54, 1.807) is 0 Å². The van der Waals surface area contributed by atoms with Gasteiger partial charge < -0.3 is 0 Å². The summed E-state index contributed by atoms with van der Waals surface area (Å²) in [6.07, 6.45) is 19.0. The maximum absolute atomic E-state index is 3.84. The summed E-state index contributed by atoms with van der Waals surface area (Å²) in [5.74, 6) is 0. The van der Waals surface area contributed by atoms with E-state index in [2.05, 4.69) is 38.2 Å². The van der Waals surface area contributed by atoms with E-state index in [-0.39, 0.29) is 0 Å². The average molecular weight is 193 g/mol. The van der Waals surface area contributed by atoms with Gasteiger partial charge in [0.2, 0.25) is 0 Å². The van der Waals surface area contributed by atoms with Gasteiger partial charge >= 0.3 is 0 Å². The lowest BCUT2D eigenvalue weighted by molar-refractivity contribution is 0.651. The van der Waals surface area contributed by atoms with Crippen LogP contribution >= 0.6 is 0 Å². The molecule has 0 saturated heterocycles. The predicted molar refractivity (Wildman–Crippen MR) is 66.2 cm³/mol. The van der Waals surface area contributed by atoms with Gasteiger partial charge in [0, 0.05) is 0 Å². The molecule has 0 saturated carbocycles. The SMILES string of the molecule is [CH2]CCCCCCC=CCC=CCC. The summed E-state index contributed by atoms with van der Waals surface area (Å²) in [5.41, 5.74) is 0. The summed E-state index contributed by atoms with van der Waals surface area (Å²) in [6, 6.07) is 0. The van der Waals surface area contributed by atoms with Crippen molar-refractivity contribution in [2.45, 2.75) is 58.3 Å². The van der Waals surface area contributed by atoms with Crippen molar-refractivity contribution in [3.05, 3.63) is 31.2 Å². The molecule has 0 atom stereocenters. The van der Waals surface area contributed by atoms with Crippen molar-refractivity contribution in [3.63, 3.8) is 0 Å². The quantitative estimate of drug-likeness (QED) is 0.354. The van der Waals surface area contributed by atoms with Crippen LogP contribution in [0.25, 0.3) is 0 Å². The average Bonchev–Trinajstić information content (AvgIpc) is 2.21. The van der Waals surface area contributed by atoms with E-state index in [1.807, 2.05) is 0 Å². The van der Waals surface area contributed by atoms with E-state index in [1.165, 1.54) is 32.1 Å². The first-order valence-corrected chi connectivity index (χ1v) is 6.01. The third-order valence-electron chi connectivity index (χ3n) is 2.21. The van der Waals surface area contributed by atoms with Gasteiger partial charge in [-0.05, 0) is 25.7 Å². The second-order valence-corrected chi connectivity index (χ2v) is 3.64. The minimum Gasteiger partial charge on any atom is -0.0885 e. The Labute approximate surface area is 90.1 Å². The summed E-state index contributed by atoms with van der Waals surface area (Å²) >= 11 is 0. The van der Waals surface area contributed by atoms with Crippen molar-refractivity contribution < 1.29 is 0 Å². The summed E-state index contributed by atoms with van der Waals surface area (Å²) in [4.78, 5) is 0. The standard InChI is InChI=1S/C14H25/c1-3-5-7-9-11-13-14-12-10-8-6-4-2/h6,8,12,14H,1,3-5,7,9-11,13H2,2H3. The zero-order valence-corrected chi connectivity index (χ0v) is 9.67. The number of allylic oxidation sites excluding steroid dienone is 4. The molecule has 81 valence electrons. The van der Waals surface area contributed by atoms with Crippen molar-refractivity contribution in [1.29, 1.82) is 0 Å². The zero-order valence-electron chi connectivity index (χ0n) is 9.67. The molecule has 0 rings (SSSR count). The van der Waals surface area contributed by atoms with Crippen LogP contribution in [0.5, 0.6) is 0 Å².